The second-order valence-electron chi connectivity index (χ2n) is 4.18. The lowest BCUT2D eigenvalue weighted by Gasteiger charge is -2.14. The second-order valence-corrected chi connectivity index (χ2v) is 4.18. The molecule has 0 radical (unpaired) electrons. The Kier molecular flexibility index (Phi) is 6.79. The summed E-state index contributed by atoms with van der Waals surface area (Å²) in [6.07, 6.45) is 9.76. The Hall–Kier alpha value is -1.62. The average Bonchev–Trinajstić information content (AvgIpc) is 2.40. The van der Waals surface area contributed by atoms with Gasteiger partial charge in [-0.1, -0.05) is 38.7 Å². The quantitative estimate of drug-likeness (QED) is 0.509. The van der Waals surface area contributed by atoms with Gasteiger partial charge < -0.3 is 9.47 Å². The zero-order valence-electron chi connectivity index (χ0n) is 11.4. The van der Waals surface area contributed by atoms with E-state index >= 15 is 0 Å². The van der Waals surface area contributed by atoms with Gasteiger partial charge in [-0.05, 0) is 25.0 Å². The summed E-state index contributed by atoms with van der Waals surface area (Å²) in [6, 6.07) is 5.70. The Bertz CT molecular complexity index is 391. The van der Waals surface area contributed by atoms with E-state index in [0.29, 0.717) is 19.0 Å². The maximum atomic E-state index is 5.76. The molecular formula is C16H22O2. The van der Waals surface area contributed by atoms with Crippen LogP contribution in [0.15, 0.2) is 18.2 Å². The molecule has 2 nitrogen and oxygen atoms in total. The molecule has 0 atom stereocenters. The van der Waals surface area contributed by atoms with Gasteiger partial charge in [0.1, 0.15) is 0 Å². The van der Waals surface area contributed by atoms with Crippen LogP contribution in [0.3, 0.4) is 0 Å². The summed E-state index contributed by atoms with van der Waals surface area (Å²) < 4.78 is 11.5. The molecule has 98 valence electrons. The lowest BCUT2D eigenvalue weighted by atomic mass is 10.2. The largest absolute Gasteiger partial charge is 0.490 e. The standard InChI is InChI=1S/C16H22O2/c1-4-7-12-17-15-11-9-10-14(6-3)16(15)18-13-8-5-2/h3,9-11H,4-5,7-8,12-13H2,1-2H3. The van der Waals surface area contributed by atoms with Gasteiger partial charge in [0.25, 0.3) is 0 Å². The van der Waals surface area contributed by atoms with Gasteiger partial charge in [0.15, 0.2) is 11.5 Å². The van der Waals surface area contributed by atoms with Crippen LogP contribution in [-0.4, -0.2) is 13.2 Å². The van der Waals surface area contributed by atoms with Gasteiger partial charge in [0.05, 0.1) is 18.8 Å². The molecule has 1 rings (SSSR count). The van der Waals surface area contributed by atoms with E-state index in [2.05, 4.69) is 19.8 Å². The SMILES string of the molecule is C#Cc1cccc(OCCCC)c1OCCCC. The number of unbranched alkanes of at least 4 members (excludes halogenated alkanes) is 2. The van der Waals surface area contributed by atoms with Gasteiger partial charge in [0.2, 0.25) is 0 Å². The highest BCUT2D eigenvalue weighted by Gasteiger charge is 2.09. The molecule has 0 N–H and O–H groups in total. The average molecular weight is 246 g/mol. The summed E-state index contributed by atoms with van der Waals surface area (Å²) in [7, 11) is 0. The molecule has 0 aliphatic carbocycles. The van der Waals surface area contributed by atoms with Crippen molar-refractivity contribution in [2.45, 2.75) is 39.5 Å². The summed E-state index contributed by atoms with van der Waals surface area (Å²) in [5.41, 5.74) is 0.764. The zero-order chi connectivity index (χ0) is 13.2. The molecule has 0 spiro atoms. The van der Waals surface area contributed by atoms with Crippen molar-refractivity contribution in [1.29, 1.82) is 0 Å². The first kappa shape index (κ1) is 14.4. The van der Waals surface area contributed by atoms with E-state index < -0.39 is 0 Å². The first-order valence-electron chi connectivity index (χ1n) is 6.68. The zero-order valence-corrected chi connectivity index (χ0v) is 11.4. The Balaban J connectivity index is 2.77. The molecule has 0 amide bonds. The van der Waals surface area contributed by atoms with Gasteiger partial charge >= 0.3 is 0 Å². The van der Waals surface area contributed by atoms with Crippen LogP contribution in [-0.2, 0) is 0 Å². The summed E-state index contributed by atoms with van der Waals surface area (Å²) in [5, 5.41) is 0. The number of terminal acetylenes is 1. The van der Waals surface area contributed by atoms with Crippen molar-refractivity contribution < 1.29 is 9.47 Å². The topological polar surface area (TPSA) is 18.5 Å². The van der Waals surface area contributed by atoms with Gasteiger partial charge in [-0.3, -0.25) is 0 Å². The van der Waals surface area contributed by atoms with Crippen molar-refractivity contribution in [1.82, 2.24) is 0 Å². The number of rotatable bonds is 8. The fourth-order valence-electron chi connectivity index (χ4n) is 1.54. The highest BCUT2D eigenvalue weighted by Crippen LogP contribution is 2.31. The number of para-hydroxylation sites is 1. The first-order chi connectivity index (χ1) is 8.83. The number of hydrogen-bond acceptors (Lipinski definition) is 2. The highest BCUT2D eigenvalue weighted by molar-refractivity contribution is 5.53. The fraction of sp³-hybridized carbons (Fsp3) is 0.500. The van der Waals surface area contributed by atoms with E-state index in [-0.39, 0.29) is 0 Å². The predicted molar refractivity (Wildman–Crippen MR) is 75.2 cm³/mol. The van der Waals surface area contributed by atoms with Crippen LogP contribution in [0.5, 0.6) is 11.5 Å². The Morgan fingerprint density at radius 2 is 1.72 bits per heavy atom. The van der Waals surface area contributed by atoms with Crippen LogP contribution in [0.4, 0.5) is 0 Å². The summed E-state index contributed by atoms with van der Waals surface area (Å²) in [4.78, 5) is 0. The van der Waals surface area contributed by atoms with Crippen molar-refractivity contribution >= 4 is 0 Å². The molecule has 1 aromatic rings. The molecule has 0 heterocycles. The first-order valence-corrected chi connectivity index (χ1v) is 6.68. The van der Waals surface area contributed by atoms with E-state index in [1.807, 2.05) is 18.2 Å². The van der Waals surface area contributed by atoms with E-state index in [0.717, 1.165) is 37.0 Å². The number of benzene rings is 1. The van der Waals surface area contributed by atoms with E-state index in [4.69, 9.17) is 15.9 Å². The third kappa shape index (κ3) is 4.33. The van der Waals surface area contributed by atoms with Crippen molar-refractivity contribution in [3.05, 3.63) is 23.8 Å². The lowest BCUT2D eigenvalue weighted by molar-refractivity contribution is 0.261. The Morgan fingerprint density at radius 1 is 1.06 bits per heavy atom. The molecule has 0 bridgehead atoms. The maximum Gasteiger partial charge on any atom is 0.176 e. The predicted octanol–water partition coefficient (Wildman–Crippen LogP) is 4.03. The molecule has 0 saturated carbocycles. The minimum Gasteiger partial charge on any atom is -0.490 e. The van der Waals surface area contributed by atoms with E-state index in [9.17, 15) is 0 Å². The van der Waals surface area contributed by atoms with Crippen molar-refractivity contribution in [3.8, 4) is 23.8 Å². The monoisotopic (exact) mass is 246 g/mol. The van der Waals surface area contributed by atoms with Gasteiger partial charge in [-0.2, -0.15) is 0 Å². The van der Waals surface area contributed by atoms with E-state index in [1.54, 1.807) is 0 Å². The van der Waals surface area contributed by atoms with Crippen molar-refractivity contribution in [2.75, 3.05) is 13.2 Å². The van der Waals surface area contributed by atoms with Crippen molar-refractivity contribution in [2.24, 2.45) is 0 Å². The summed E-state index contributed by atoms with van der Waals surface area (Å²) in [5.74, 6) is 4.12. The van der Waals surface area contributed by atoms with Crippen LogP contribution in [0.25, 0.3) is 0 Å². The molecule has 2 heteroatoms. The highest BCUT2D eigenvalue weighted by atomic mass is 16.5. The van der Waals surface area contributed by atoms with Gasteiger partial charge in [0, 0.05) is 0 Å². The molecule has 0 aromatic heterocycles. The molecule has 0 unspecified atom stereocenters. The lowest BCUT2D eigenvalue weighted by Crippen LogP contribution is -2.03. The molecule has 0 aliphatic heterocycles. The summed E-state index contributed by atoms with van der Waals surface area (Å²) in [6.45, 7) is 5.66. The van der Waals surface area contributed by atoms with Crippen LogP contribution in [0, 0.1) is 12.3 Å². The molecule has 0 saturated heterocycles. The van der Waals surface area contributed by atoms with Gasteiger partial charge in [-0.15, -0.1) is 6.42 Å². The van der Waals surface area contributed by atoms with Crippen molar-refractivity contribution in [3.63, 3.8) is 0 Å². The number of hydrogen-bond donors (Lipinski definition) is 0. The molecule has 18 heavy (non-hydrogen) atoms. The third-order valence-electron chi connectivity index (χ3n) is 2.63. The number of ether oxygens (including phenoxy) is 2. The minimum absolute atomic E-state index is 0.680. The Morgan fingerprint density at radius 3 is 2.33 bits per heavy atom. The molecular weight excluding hydrogens is 224 g/mol. The van der Waals surface area contributed by atoms with Crippen LogP contribution in [0.1, 0.15) is 45.1 Å². The van der Waals surface area contributed by atoms with Crippen LogP contribution < -0.4 is 9.47 Å². The smallest absolute Gasteiger partial charge is 0.176 e. The molecule has 0 fully saturated rings. The maximum absolute atomic E-state index is 5.76. The van der Waals surface area contributed by atoms with Crippen LogP contribution >= 0.6 is 0 Å². The van der Waals surface area contributed by atoms with Crippen LogP contribution in [0.2, 0.25) is 0 Å². The van der Waals surface area contributed by atoms with E-state index in [1.165, 1.54) is 0 Å². The minimum atomic E-state index is 0.680. The third-order valence-corrected chi connectivity index (χ3v) is 2.63. The Labute approximate surface area is 110 Å². The normalized spacial score (nSPS) is 9.83. The van der Waals surface area contributed by atoms with Gasteiger partial charge in [-0.25, -0.2) is 0 Å². The second kappa shape index (κ2) is 8.47. The molecule has 0 aliphatic rings. The fourth-order valence-corrected chi connectivity index (χ4v) is 1.54. The molecule has 1 aromatic carbocycles. The summed E-state index contributed by atoms with van der Waals surface area (Å²) >= 11 is 0.